The highest BCUT2D eigenvalue weighted by Crippen LogP contribution is 2.25. The van der Waals surface area contributed by atoms with Gasteiger partial charge < -0.3 is 11.5 Å². The average molecular weight is 610 g/mol. The van der Waals surface area contributed by atoms with Gasteiger partial charge in [-0.2, -0.15) is 0 Å². The van der Waals surface area contributed by atoms with Crippen molar-refractivity contribution in [1.29, 1.82) is 0 Å². The smallest absolute Gasteiger partial charge is 0.271 e. The molecule has 0 unspecified atom stereocenters. The molecule has 0 atom stereocenters. The molecule has 1 aliphatic heterocycles. The zero-order valence-corrected chi connectivity index (χ0v) is 24.7. The molecule has 0 saturated carbocycles. The minimum atomic E-state index is -3.74. The highest BCUT2D eigenvalue weighted by Gasteiger charge is 2.22. The normalized spacial score (nSPS) is 12.4. The number of para-hydroxylation sites is 3. The first-order valence-corrected chi connectivity index (χ1v) is 16.1. The van der Waals surface area contributed by atoms with Crippen LogP contribution in [0.1, 0.15) is 16.7 Å². The van der Waals surface area contributed by atoms with Gasteiger partial charge in [-0.15, -0.1) is 0 Å². The van der Waals surface area contributed by atoms with Crippen LogP contribution in [-0.4, -0.2) is 31.6 Å². The molecule has 12 heteroatoms. The van der Waals surface area contributed by atoms with Crippen LogP contribution in [-0.2, 0) is 25.5 Å². The summed E-state index contributed by atoms with van der Waals surface area (Å²) in [7, 11) is -2.20. The van der Waals surface area contributed by atoms with Gasteiger partial charge in [-0.05, 0) is 61.9 Å². The molecule has 0 fully saturated rings. The number of aryl methyl sites for hydroxylation is 2. The Kier molecular flexibility index (Phi) is 8.81. The second kappa shape index (κ2) is 12.1. The predicted molar refractivity (Wildman–Crippen MR) is 164 cm³/mol. The number of nitrogen functional groups attached to an aromatic ring is 1. The molecule has 1 aromatic heterocycles. The molecule has 41 heavy (non-hydrogen) atoms. The van der Waals surface area contributed by atoms with Crippen LogP contribution in [0.3, 0.4) is 0 Å². The van der Waals surface area contributed by atoms with E-state index in [4.69, 9.17) is 22.1 Å². The van der Waals surface area contributed by atoms with Crippen LogP contribution in [0.2, 0.25) is 0 Å². The Hall–Kier alpha value is -4.19. The predicted octanol–water partition coefficient (Wildman–Crippen LogP) is 5.32. The van der Waals surface area contributed by atoms with Crippen LogP contribution in [0.4, 0.5) is 11.6 Å². The Morgan fingerprint density at radius 3 is 1.85 bits per heavy atom. The number of amidine groups is 1. The SMILES string of the molecule is Cc1ccc(S(=O)(=O)Cl)cc1.Cc1ccc(S(=O)(=O)n2c(N)nc3ccccc32)cc1.NC1=Nc2ccccc2C1. The Labute approximate surface area is 243 Å². The summed E-state index contributed by atoms with van der Waals surface area (Å²) in [6, 6.07) is 28.0. The number of anilines is 1. The largest absolute Gasteiger partial charge is 0.387 e. The second-order valence-electron chi connectivity index (χ2n) is 9.20. The number of nitrogens with zero attached hydrogens (tertiary/aromatic N) is 3. The van der Waals surface area contributed by atoms with Crippen LogP contribution in [0.25, 0.3) is 11.0 Å². The van der Waals surface area contributed by atoms with Crippen molar-refractivity contribution in [3.8, 4) is 0 Å². The zero-order chi connectivity index (χ0) is 29.8. The molecule has 0 spiro atoms. The quantitative estimate of drug-likeness (QED) is 0.263. The number of fused-ring (bicyclic) bond motifs is 2. The molecule has 6 rings (SSSR count). The summed E-state index contributed by atoms with van der Waals surface area (Å²) in [5.41, 5.74) is 16.6. The van der Waals surface area contributed by atoms with E-state index < -0.39 is 19.1 Å². The van der Waals surface area contributed by atoms with Gasteiger partial charge in [0.25, 0.3) is 19.1 Å². The number of benzene rings is 4. The number of rotatable bonds is 3. The van der Waals surface area contributed by atoms with Crippen LogP contribution in [0.5, 0.6) is 0 Å². The Morgan fingerprint density at radius 1 is 0.732 bits per heavy atom. The maximum atomic E-state index is 12.7. The van der Waals surface area contributed by atoms with Gasteiger partial charge in [-0.1, -0.05) is 65.7 Å². The molecule has 0 bridgehead atoms. The van der Waals surface area contributed by atoms with Gasteiger partial charge in [0, 0.05) is 17.1 Å². The monoisotopic (exact) mass is 609 g/mol. The topological polar surface area (TPSA) is 150 Å². The zero-order valence-electron chi connectivity index (χ0n) is 22.3. The fourth-order valence-corrected chi connectivity index (χ4v) is 6.11. The van der Waals surface area contributed by atoms with Crippen molar-refractivity contribution in [3.05, 3.63) is 114 Å². The third-order valence-electron chi connectivity index (χ3n) is 6.03. The third kappa shape index (κ3) is 7.12. The highest BCUT2D eigenvalue weighted by molar-refractivity contribution is 8.13. The highest BCUT2D eigenvalue weighted by atomic mass is 35.7. The lowest BCUT2D eigenvalue weighted by atomic mass is 10.1. The Morgan fingerprint density at radius 2 is 1.27 bits per heavy atom. The third-order valence-corrected chi connectivity index (χ3v) is 9.13. The lowest BCUT2D eigenvalue weighted by molar-refractivity contribution is 0.589. The Bertz CT molecular complexity index is 1940. The number of aromatic nitrogens is 2. The van der Waals surface area contributed by atoms with Gasteiger partial charge in [0.15, 0.2) is 0 Å². The van der Waals surface area contributed by atoms with Crippen molar-refractivity contribution in [3.63, 3.8) is 0 Å². The maximum Gasteiger partial charge on any atom is 0.271 e. The first-order chi connectivity index (χ1) is 19.4. The minimum Gasteiger partial charge on any atom is -0.387 e. The van der Waals surface area contributed by atoms with E-state index in [2.05, 4.69) is 16.0 Å². The van der Waals surface area contributed by atoms with E-state index in [9.17, 15) is 16.8 Å². The molecule has 2 heterocycles. The average Bonchev–Trinajstić information content (AvgIpc) is 3.47. The first kappa shape index (κ1) is 29.8. The van der Waals surface area contributed by atoms with Crippen molar-refractivity contribution in [2.45, 2.75) is 30.1 Å². The fraction of sp³-hybridized carbons (Fsp3) is 0.103. The maximum absolute atomic E-state index is 12.7. The lowest BCUT2D eigenvalue weighted by Gasteiger charge is -2.08. The van der Waals surface area contributed by atoms with Crippen molar-refractivity contribution >= 4 is 58.3 Å². The van der Waals surface area contributed by atoms with E-state index >= 15 is 0 Å². The summed E-state index contributed by atoms with van der Waals surface area (Å²) in [5, 5.41) is 0. The molecule has 4 aromatic carbocycles. The molecule has 0 saturated heterocycles. The van der Waals surface area contributed by atoms with Crippen LogP contribution in [0.15, 0.2) is 112 Å². The summed E-state index contributed by atoms with van der Waals surface area (Å²) in [4.78, 5) is 8.57. The van der Waals surface area contributed by atoms with E-state index in [1.54, 1.807) is 60.7 Å². The summed E-state index contributed by atoms with van der Waals surface area (Å²) < 4.78 is 47.9. The first-order valence-electron chi connectivity index (χ1n) is 12.3. The number of nitrogens with two attached hydrogens (primary N) is 2. The second-order valence-corrected chi connectivity index (χ2v) is 13.6. The van der Waals surface area contributed by atoms with E-state index in [1.165, 1.54) is 17.7 Å². The van der Waals surface area contributed by atoms with Gasteiger partial charge in [0.1, 0.15) is 5.84 Å². The molecule has 5 aromatic rings. The van der Waals surface area contributed by atoms with Crippen molar-refractivity contribution in [2.24, 2.45) is 10.7 Å². The van der Waals surface area contributed by atoms with Crippen molar-refractivity contribution in [2.75, 3.05) is 5.73 Å². The van der Waals surface area contributed by atoms with Crippen LogP contribution >= 0.6 is 10.7 Å². The fourth-order valence-electron chi connectivity index (χ4n) is 3.95. The summed E-state index contributed by atoms with van der Waals surface area (Å²) >= 11 is 0. The van der Waals surface area contributed by atoms with E-state index in [0.29, 0.717) is 11.0 Å². The molecule has 4 N–H and O–H groups in total. The molecular weight excluding hydrogens is 582 g/mol. The van der Waals surface area contributed by atoms with Gasteiger partial charge >= 0.3 is 0 Å². The number of halogens is 1. The van der Waals surface area contributed by atoms with E-state index in [-0.39, 0.29) is 15.7 Å². The van der Waals surface area contributed by atoms with Crippen molar-refractivity contribution < 1.29 is 16.8 Å². The molecular formula is C29H28ClN5O4S2. The van der Waals surface area contributed by atoms with Gasteiger partial charge in [0.05, 0.1) is 26.5 Å². The standard InChI is InChI=1S/C14H13N3O2S.C8H8N2.C7H7ClO2S/c1-10-6-8-11(9-7-10)20(18,19)17-13-5-3-2-4-12(13)16-14(17)15;9-8-5-6-3-1-2-4-7(6)10-8;1-6-2-4-7(5-3-6)11(8,9)10/h2-9H,1H3,(H2,15,16);1-4H,5H2,(H2,9,10);2-5H,1H3. The summed E-state index contributed by atoms with van der Waals surface area (Å²) in [5.74, 6) is 0.688. The van der Waals surface area contributed by atoms with Crippen molar-refractivity contribution in [1.82, 2.24) is 8.96 Å². The Balaban J connectivity index is 0.000000156. The molecule has 0 amide bonds. The lowest BCUT2D eigenvalue weighted by Crippen LogP contribution is -2.15. The summed E-state index contributed by atoms with van der Waals surface area (Å²) in [6.07, 6.45) is 0.816. The molecule has 1 aliphatic rings. The molecule has 212 valence electrons. The van der Waals surface area contributed by atoms with Crippen LogP contribution < -0.4 is 11.5 Å². The number of imidazole rings is 1. The minimum absolute atomic E-state index is 0.0354. The molecule has 9 nitrogen and oxygen atoms in total. The van der Waals surface area contributed by atoms with E-state index in [1.807, 2.05) is 32.0 Å². The number of hydrogen-bond donors (Lipinski definition) is 2. The molecule has 0 radical (unpaired) electrons. The van der Waals surface area contributed by atoms with Gasteiger partial charge in [-0.3, -0.25) is 0 Å². The number of hydrogen-bond acceptors (Lipinski definition) is 8. The van der Waals surface area contributed by atoms with Gasteiger partial charge in [0.2, 0.25) is 5.95 Å². The molecule has 0 aliphatic carbocycles. The van der Waals surface area contributed by atoms with E-state index in [0.717, 1.165) is 33.0 Å². The summed E-state index contributed by atoms with van der Waals surface area (Å²) in [6.45, 7) is 3.78. The van der Waals surface area contributed by atoms with Crippen LogP contribution in [0, 0.1) is 13.8 Å². The number of aliphatic imine (C=N–C) groups is 1. The van der Waals surface area contributed by atoms with Gasteiger partial charge in [-0.25, -0.2) is 30.8 Å².